The Morgan fingerprint density at radius 1 is 1.17 bits per heavy atom. The SMILES string of the molecule is CCCS(=O)(=O)Nc1ccc(C(=O)N[C@@H](CC(C)C)C(=O)O)cc1. The molecule has 0 aliphatic rings. The van der Waals surface area contributed by atoms with Gasteiger partial charge in [-0.1, -0.05) is 20.8 Å². The number of carboxylic acid groups (broad SMARTS) is 1. The monoisotopic (exact) mass is 356 g/mol. The highest BCUT2D eigenvalue weighted by Gasteiger charge is 2.21. The van der Waals surface area contributed by atoms with Crippen molar-refractivity contribution in [3.05, 3.63) is 29.8 Å². The molecule has 1 aromatic carbocycles. The molecule has 3 N–H and O–H groups in total. The van der Waals surface area contributed by atoms with E-state index >= 15 is 0 Å². The van der Waals surface area contributed by atoms with Gasteiger partial charge in [-0.05, 0) is 43.0 Å². The van der Waals surface area contributed by atoms with Gasteiger partial charge in [-0.25, -0.2) is 13.2 Å². The van der Waals surface area contributed by atoms with Gasteiger partial charge in [0, 0.05) is 11.3 Å². The first-order chi connectivity index (χ1) is 11.1. The lowest BCUT2D eigenvalue weighted by molar-refractivity contribution is -0.139. The third kappa shape index (κ3) is 6.57. The lowest BCUT2D eigenvalue weighted by atomic mass is 10.0. The Balaban J connectivity index is 2.77. The number of sulfonamides is 1. The highest BCUT2D eigenvalue weighted by atomic mass is 32.2. The maximum absolute atomic E-state index is 12.1. The second-order valence-corrected chi connectivity index (χ2v) is 7.83. The number of nitrogens with one attached hydrogen (secondary N) is 2. The summed E-state index contributed by atoms with van der Waals surface area (Å²) in [6, 6.07) is 4.89. The summed E-state index contributed by atoms with van der Waals surface area (Å²) in [5.74, 6) is -1.45. The molecule has 0 spiro atoms. The van der Waals surface area contributed by atoms with Crippen molar-refractivity contribution in [1.29, 1.82) is 0 Å². The van der Waals surface area contributed by atoms with Crippen molar-refractivity contribution in [3.8, 4) is 0 Å². The zero-order chi connectivity index (χ0) is 18.3. The second-order valence-electron chi connectivity index (χ2n) is 5.99. The Morgan fingerprint density at radius 3 is 2.21 bits per heavy atom. The van der Waals surface area contributed by atoms with E-state index in [4.69, 9.17) is 5.11 Å². The molecular formula is C16H24N2O5S. The third-order valence-corrected chi connectivity index (χ3v) is 4.70. The summed E-state index contributed by atoms with van der Waals surface area (Å²) >= 11 is 0. The van der Waals surface area contributed by atoms with Crippen LogP contribution in [-0.2, 0) is 14.8 Å². The molecule has 24 heavy (non-hydrogen) atoms. The van der Waals surface area contributed by atoms with Gasteiger partial charge in [0.2, 0.25) is 10.0 Å². The predicted molar refractivity (Wildman–Crippen MR) is 92.5 cm³/mol. The van der Waals surface area contributed by atoms with E-state index in [0.717, 1.165) is 0 Å². The van der Waals surface area contributed by atoms with Crippen LogP contribution in [0, 0.1) is 5.92 Å². The van der Waals surface area contributed by atoms with E-state index in [1.54, 1.807) is 6.92 Å². The van der Waals surface area contributed by atoms with Gasteiger partial charge in [-0.2, -0.15) is 0 Å². The molecule has 0 saturated carbocycles. The van der Waals surface area contributed by atoms with E-state index < -0.39 is 27.9 Å². The van der Waals surface area contributed by atoms with Crippen LogP contribution in [0.4, 0.5) is 5.69 Å². The van der Waals surface area contributed by atoms with Gasteiger partial charge >= 0.3 is 5.97 Å². The van der Waals surface area contributed by atoms with E-state index in [-0.39, 0.29) is 17.2 Å². The topological polar surface area (TPSA) is 113 Å². The zero-order valence-corrected chi connectivity index (χ0v) is 14.9. The van der Waals surface area contributed by atoms with Crippen LogP contribution in [0.15, 0.2) is 24.3 Å². The van der Waals surface area contributed by atoms with E-state index in [1.165, 1.54) is 24.3 Å². The number of carbonyl (C=O) groups is 2. The number of anilines is 1. The average molecular weight is 356 g/mol. The lowest BCUT2D eigenvalue weighted by Gasteiger charge is -2.16. The second kappa shape index (κ2) is 8.68. The number of amides is 1. The molecule has 0 aromatic heterocycles. The lowest BCUT2D eigenvalue weighted by Crippen LogP contribution is -2.41. The maximum Gasteiger partial charge on any atom is 0.326 e. The molecule has 1 rings (SSSR count). The summed E-state index contributed by atoms with van der Waals surface area (Å²) in [6.45, 7) is 5.52. The highest BCUT2D eigenvalue weighted by Crippen LogP contribution is 2.13. The van der Waals surface area contributed by atoms with Gasteiger partial charge in [-0.15, -0.1) is 0 Å². The Hall–Kier alpha value is -2.09. The minimum Gasteiger partial charge on any atom is -0.480 e. The van der Waals surface area contributed by atoms with Gasteiger partial charge in [0.1, 0.15) is 6.04 Å². The first-order valence-electron chi connectivity index (χ1n) is 7.79. The smallest absolute Gasteiger partial charge is 0.326 e. The summed E-state index contributed by atoms with van der Waals surface area (Å²) in [4.78, 5) is 23.3. The van der Waals surface area contributed by atoms with Crippen molar-refractivity contribution < 1.29 is 23.1 Å². The molecular weight excluding hydrogens is 332 g/mol. The van der Waals surface area contributed by atoms with Gasteiger partial charge < -0.3 is 10.4 Å². The van der Waals surface area contributed by atoms with Crippen LogP contribution < -0.4 is 10.0 Å². The first kappa shape index (κ1) is 20.0. The standard InChI is InChI=1S/C16H24N2O5S/c1-4-9-24(22,23)18-13-7-5-12(6-8-13)15(19)17-14(16(20)21)10-11(2)3/h5-8,11,14,18H,4,9-10H2,1-3H3,(H,17,19)(H,20,21)/t14-/m0/s1. The third-order valence-electron chi connectivity index (χ3n) is 3.20. The summed E-state index contributed by atoms with van der Waals surface area (Å²) in [5, 5.41) is 11.6. The molecule has 0 fully saturated rings. The van der Waals surface area contributed by atoms with Crippen LogP contribution in [0.25, 0.3) is 0 Å². The fourth-order valence-electron chi connectivity index (χ4n) is 2.12. The molecule has 0 bridgehead atoms. The molecule has 0 aliphatic carbocycles. The molecule has 0 saturated heterocycles. The van der Waals surface area contributed by atoms with E-state index in [2.05, 4.69) is 10.0 Å². The molecule has 0 aliphatic heterocycles. The molecule has 1 atom stereocenters. The number of hydrogen-bond donors (Lipinski definition) is 3. The van der Waals surface area contributed by atoms with E-state index in [0.29, 0.717) is 18.5 Å². The number of rotatable bonds is 9. The van der Waals surface area contributed by atoms with Crippen molar-refractivity contribution in [2.75, 3.05) is 10.5 Å². The van der Waals surface area contributed by atoms with Crippen LogP contribution in [0.2, 0.25) is 0 Å². The van der Waals surface area contributed by atoms with E-state index in [1.807, 2.05) is 13.8 Å². The highest BCUT2D eigenvalue weighted by molar-refractivity contribution is 7.92. The van der Waals surface area contributed by atoms with Crippen LogP contribution in [-0.4, -0.2) is 37.2 Å². The number of benzene rings is 1. The number of hydrogen-bond acceptors (Lipinski definition) is 4. The van der Waals surface area contributed by atoms with Gasteiger partial charge in [0.05, 0.1) is 5.75 Å². The molecule has 1 amide bonds. The van der Waals surface area contributed by atoms with Crippen molar-refractivity contribution in [2.45, 2.75) is 39.7 Å². The summed E-state index contributed by atoms with van der Waals surface area (Å²) in [5.41, 5.74) is 0.625. The Kier molecular flexibility index (Phi) is 7.21. The van der Waals surface area contributed by atoms with Crippen molar-refractivity contribution >= 4 is 27.6 Å². The van der Waals surface area contributed by atoms with Gasteiger partial charge in [0.25, 0.3) is 5.91 Å². The summed E-state index contributed by atoms with van der Waals surface area (Å²) < 4.78 is 25.8. The fraction of sp³-hybridized carbons (Fsp3) is 0.500. The Morgan fingerprint density at radius 2 is 1.75 bits per heavy atom. The summed E-state index contributed by atoms with van der Waals surface area (Å²) in [6.07, 6.45) is 0.832. The molecule has 0 radical (unpaired) electrons. The quantitative estimate of drug-likeness (QED) is 0.627. The maximum atomic E-state index is 12.1. The first-order valence-corrected chi connectivity index (χ1v) is 9.44. The normalized spacial score (nSPS) is 12.7. The zero-order valence-electron chi connectivity index (χ0n) is 14.1. The molecule has 134 valence electrons. The van der Waals surface area contributed by atoms with Crippen LogP contribution in [0.5, 0.6) is 0 Å². The number of carboxylic acids is 1. The average Bonchev–Trinajstić information content (AvgIpc) is 2.46. The van der Waals surface area contributed by atoms with Crippen molar-refractivity contribution in [1.82, 2.24) is 5.32 Å². The molecule has 8 heteroatoms. The van der Waals surface area contributed by atoms with Crippen molar-refractivity contribution in [3.63, 3.8) is 0 Å². The molecule has 0 heterocycles. The minimum absolute atomic E-state index is 0.0186. The minimum atomic E-state index is -3.39. The van der Waals surface area contributed by atoms with Crippen LogP contribution in [0.3, 0.4) is 0 Å². The largest absolute Gasteiger partial charge is 0.480 e. The van der Waals surface area contributed by atoms with Crippen LogP contribution >= 0.6 is 0 Å². The Labute approximate surface area is 142 Å². The predicted octanol–water partition coefficient (Wildman–Crippen LogP) is 2.07. The molecule has 7 nitrogen and oxygen atoms in total. The van der Waals surface area contributed by atoms with Gasteiger partial charge in [0.15, 0.2) is 0 Å². The van der Waals surface area contributed by atoms with Crippen molar-refractivity contribution in [2.24, 2.45) is 5.92 Å². The molecule has 1 aromatic rings. The summed E-state index contributed by atoms with van der Waals surface area (Å²) in [7, 11) is -3.39. The number of aliphatic carboxylic acids is 1. The Bertz CT molecular complexity index is 668. The van der Waals surface area contributed by atoms with Gasteiger partial charge in [-0.3, -0.25) is 9.52 Å². The fourth-order valence-corrected chi connectivity index (χ4v) is 3.26. The van der Waals surface area contributed by atoms with Crippen LogP contribution in [0.1, 0.15) is 44.0 Å². The molecule has 0 unspecified atom stereocenters. The number of carbonyl (C=O) groups excluding carboxylic acids is 1. The van der Waals surface area contributed by atoms with E-state index in [9.17, 15) is 18.0 Å².